The Hall–Kier alpha value is -1.96. The van der Waals surface area contributed by atoms with Crippen LogP contribution in [0.5, 0.6) is 0 Å². The van der Waals surface area contributed by atoms with Gasteiger partial charge in [-0.2, -0.15) is 0 Å². The van der Waals surface area contributed by atoms with Crippen molar-refractivity contribution in [2.24, 2.45) is 0 Å². The largest absolute Gasteiger partial charge is 0.348 e. The number of anilines is 1. The van der Waals surface area contributed by atoms with Crippen molar-refractivity contribution in [2.45, 2.75) is 36.8 Å². The van der Waals surface area contributed by atoms with Gasteiger partial charge in [0.25, 0.3) is 0 Å². The first-order chi connectivity index (χ1) is 14.3. The van der Waals surface area contributed by atoms with Crippen LogP contribution in [0.25, 0.3) is 11.3 Å². The van der Waals surface area contributed by atoms with Crippen molar-refractivity contribution in [3.8, 4) is 11.3 Å². The third-order valence-corrected chi connectivity index (χ3v) is 9.23. The molecule has 158 valence electrons. The lowest BCUT2D eigenvalue weighted by molar-refractivity contribution is 0.529. The second-order valence-electron chi connectivity index (χ2n) is 7.59. The number of thiazole rings is 1. The fourth-order valence-electron chi connectivity index (χ4n) is 3.99. The summed E-state index contributed by atoms with van der Waals surface area (Å²) >= 11 is 7.59. The Morgan fingerprint density at radius 3 is 2.43 bits per heavy atom. The van der Waals surface area contributed by atoms with Gasteiger partial charge in [-0.1, -0.05) is 29.8 Å². The Morgan fingerprint density at radius 1 is 1.13 bits per heavy atom. The second-order valence-corrected chi connectivity index (χ2v) is 11.0. The van der Waals surface area contributed by atoms with Gasteiger partial charge in [-0.25, -0.2) is 17.8 Å². The SMILES string of the molecule is Cc1cccc(C)c1-c1csc(N2CCC(S(=O)(=O)c3ccc(F)cc3Cl)CC2)n1. The van der Waals surface area contributed by atoms with Crippen LogP contribution in [0.2, 0.25) is 5.02 Å². The number of aryl methyl sites for hydroxylation is 2. The van der Waals surface area contributed by atoms with Gasteiger partial charge >= 0.3 is 0 Å². The average Bonchev–Trinajstić information content (AvgIpc) is 3.17. The van der Waals surface area contributed by atoms with E-state index in [1.807, 2.05) is 6.07 Å². The summed E-state index contributed by atoms with van der Waals surface area (Å²) in [5.74, 6) is -0.544. The van der Waals surface area contributed by atoms with Gasteiger partial charge in [-0.15, -0.1) is 11.3 Å². The van der Waals surface area contributed by atoms with Crippen molar-refractivity contribution in [3.63, 3.8) is 0 Å². The maximum absolute atomic E-state index is 13.3. The van der Waals surface area contributed by atoms with Crippen molar-refractivity contribution >= 4 is 37.9 Å². The van der Waals surface area contributed by atoms with Crippen LogP contribution in [-0.4, -0.2) is 31.7 Å². The van der Waals surface area contributed by atoms with Crippen LogP contribution in [0.1, 0.15) is 24.0 Å². The summed E-state index contributed by atoms with van der Waals surface area (Å²) in [6, 6.07) is 9.65. The predicted molar refractivity (Wildman–Crippen MR) is 121 cm³/mol. The van der Waals surface area contributed by atoms with Gasteiger partial charge in [0.1, 0.15) is 5.82 Å². The first-order valence-electron chi connectivity index (χ1n) is 9.73. The van der Waals surface area contributed by atoms with Gasteiger partial charge in [-0.05, 0) is 56.0 Å². The van der Waals surface area contributed by atoms with Gasteiger partial charge in [0.05, 0.1) is 20.9 Å². The molecule has 0 saturated carbocycles. The first-order valence-corrected chi connectivity index (χ1v) is 12.5. The van der Waals surface area contributed by atoms with E-state index in [2.05, 4.69) is 36.3 Å². The highest BCUT2D eigenvalue weighted by molar-refractivity contribution is 7.92. The Labute approximate surface area is 185 Å². The molecule has 1 saturated heterocycles. The smallest absolute Gasteiger partial charge is 0.185 e. The summed E-state index contributed by atoms with van der Waals surface area (Å²) in [5.41, 5.74) is 4.49. The summed E-state index contributed by atoms with van der Waals surface area (Å²) in [6.07, 6.45) is 0.961. The minimum Gasteiger partial charge on any atom is -0.348 e. The number of hydrogen-bond acceptors (Lipinski definition) is 5. The summed E-state index contributed by atoms with van der Waals surface area (Å²) in [5, 5.41) is 2.37. The quantitative estimate of drug-likeness (QED) is 0.467. The highest BCUT2D eigenvalue weighted by Crippen LogP contribution is 2.35. The van der Waals surface area contributed by atoms with Crippen LogP contribution in [0.3, 0.4) is 0 Å². The van der Waals surface area contributed by atoms with Gasteiger partial charge in [0.2, 0.25) is 0 Å². The minimum absolute atomic E-state index is 0.00980. The normalized spacial score (nSPS) is 15.5. The van der Waals surface area contributed by atoms with Gasteiger partial charge in [-0.3, -0.25) is 0 Å². The molecule has 0 aliphatic carbocycles. The van der Waals surface area contributed by atoms with Gasteiger partial charge in [0.15, 0.2) is 15.0 Å². The number of halogens is 2. The van der Waals surface area contributed by atoms with E-state index in [0.717, 1.165) is 28.5 Å². The van der Waals surface area contributed by atoms with E-state index in [0.29, 0.717) is 25.9 Å². The topological polar surface area (TPSA) is 50.3 Å². The zero-order valence-corrected chi connectivity index (χ0v) is 19.1. The zero-order valence-electron chi connectivity index (χ0n) is 16.7. The Balaban J connectivity index is 1.50. The molecule has 1 aromatic heterocycles. The molecule has 0 N–H and O–H groups in total. The van der Waals surface area contributed by atoms with E-state index in [-0.39, 0.29) is 9.92 Å². The fourth-order valence-corrected chi connectivity index (χ4v) is 7.12. The molecule has 8 heteroatoms. The highest BCUT2D eigenvalue weighted by Gasteiger charge is 2.33. The predicted octanol–water partition coefficient (Wildman–Crippen LogP) is 5.66. The number of sulfone groups is 1. The maximum Gasteiger partial charge on any atom is 0.185 e. The van der Waals surface area contributed by atoms with Gasteiger partial charge in [0, 0.05) is 24.0 Å². The van der Waals surface area contributed by atoms with E-state index in [1.54, 1.807) is 11.3 Å². The number of benzene rings is 2. The second kappa shape index (κ2) is 8.29. The maximum atomic E-state index is 13.3. The molecule has 0 amide bonds. The molecule has 0 unspecified atom stereocenters. The summed E-state index contributed by atoms with van der Waals surface area (Å²) < 4.78 is 39.3. The number of rotatable bonds is 4. The van der Waals surface area contributed by atoms with E-state index in [4.69, 9.17) is 16.6 Å². The monoisotopic (exact) mass is 464 g/mol. The van der Waals surface area contributed by atoms with E-state index >= 15 is 0 Å². The Kier molecular flexibility index (Phi) is 5.88. The molecular weight excluding hydrogens is 443 g/mol. The van der Waals surface area contributed by atoms with Crippen LogP contribution in [0, 0.1) is 19.7 Å². The molecule has 4 nitrogen and oxygen atoms in total. The molecular formula is C22H22ClFN2O2S2. The van der Waals surface area contributed by atoms with Crippen LogP contribution < -0.4 is 4.90 Å². The third kappa shape index (κ3) is 3.98. The van der Waals surface area contributed by atoms with Crippen LogP contribution in [-0.2, 0) is 9.84 Å². The third-order valence-electron chi connectivity index (χ3n) is 5.58. The molecule has 2 heterocycles. The van der Waals surface area contributed by atoms with Crippen LogP contribution in [0.15, 0.2) is 46.7 Å². The van der Waals surface area contributed by atoms with Crippen molar-refractivity contribution in [3.05, 3.63) is 63.7 Å². The highest BCUT2D eigenvalue weighted by atomic mass is 35.5. The molecule has 1 fully saturated rings. The number of aromatic nitrogens is 1. The minimum atomic E-state index is -3.61. The number of hydrogen-bond donors (Lipinski definition) is 0. The first kappa shape index (κ1) is 21.3. The fraction of sp³-hybridized carbons (Fsp3) is 0.318. The number of nitrogens with zero attached hydrogens (tertiary/aromatic N) is 2. The molecule has 1 aliphatic heterocycles. The van der Waals surface area contributed by atoms with Gasteiger partial charge < -0.3 is 4.90 Å². The van der Waals surface area contributed by atoms with E-state index in [1.165, 1.54) is 17.2 Å². The summed E-state index contributed by atoms with van der Waals surface area (Å²) in [4.78, 5) is 6.98. The van der Waals surface area contributed by atoms with E-state index < -0.39 is 20.9 Å². The Morgan fingerprint density at radius 2 is 1.80 bits per heavy atom. The molecule has 0 bridgehead atoms. The zero-order chi connectivity index (χ0) is 21.5. The number of piperidine rings is 1. The molecule has 3 aromatic rings. The van der Waals surface area contributed by atoms with Crippen LogP contribution in [0.4, 0.5) is 9.52 Å². The molecule has 0 spiro atoms. The van der Waals surface area contributed by atoms with Crippen molar-refractivity contribution < 1.29 is 12.8 Å². The molecule has 0 radical (unpaired) electrons. The molecule has 0 atom stereocenters. The average molecular weight is 465 g/mol. The lowest BCUT2D eigenvalue weighted by atomic mass is 10.0. The van der Waals surface area contributed by atoms with Crippen molar-refractivity contribution in [1.82, 2.24) is 4.98 Å². The molecule has 1 aliphatic rings. The summed E-state index contributed by atoms with van der Waals surface area (Å²) in [7, 11) is -3.61. The molecule has 4 rings (SSSR count). The lowest BCUT2D eigenvalue weighted by Crippen LogP contribution is -2.39. The summed E-state index contributed by atoms with van der Waals surface area (Å²) in [6.45, 7) is 5.36. The van der Waals surface area contributed by atoms with Crippen molar-refractivity contribution in [2.75, 3.05) is 18.0 Å². The van der Waals surface area contributed by atoms with Crippen molar-refractivity contribution in [1.29, 1.82) is 0 Å². The Bertz CT molecular complexity index is 1170. The van der Waals surface area contributed by atoms with E-state index in [9.17, 15) is 12.8 Å². The lowest BCUT2D eigenvalue weighted by Gasteiger charge is -2.31. The molecule has 2 aromatic carbocycles. The van der Waals surface area contributed by atoms with Crippen LogP contribution >= 0.6 is 22.9 Å². The molecule has 30 heavy (non-hydrogen) atoms. The standard InChI is InChI=1S/C22H22ClFN2O2S2/c1-14-4-3-5-15(2)21(14)19-13-29-22(25-19)26-10-8-17(9-11-26)30(27,28)20-7-6-16(24)12-18(20)23/h3-7,12-13,17H,8-11H2,1-2H3.